The van der Waals surface area contributed by atoms with Gasteiger partial charge in [0.2, 0.25) is 0 Å². The molecule has 0 heterocycles. The number of nitrogens with one attached hydrogen (secondary N) is 1. The van der Waals surface area contributed by atoms with Gasteiger partial charge in [-0.1, -0.05) is 18.2 Å². The third-order valence-electron chi connectivity index (χ3n) is 3.27. The van der Waals surface area contributed by atoms with Gasteiger partial charge in [0.25, 0.3) is 11.8 Å². The van der Waals surface area contributed by atoms with Crippen molar-refractivity contribution < 1.29 is 14.3 Å². The van der Waals surface area contributed by atoms with E-state index in [2.05, 4.69) is 5.32 Å². The summed E-state index contributed by atoms with van der Waals surface area (Å²) < 4.78 is 5.26. The molecule has 5 heteroatoms. The Kier molecular flexibility index (Phi) is 4.78. The summed E-state index contributed by atoms with van der Waals surface area (Å²) in [6.45, 7) is 3.72. The molecule has 22 heavy (non-hydrogen) atoms. The molecule has 2 amide bonds. The van der Waals surface area contributed by atoms with Gasteiger partial charge < -0.3 is 15.8 Å². The van der Waals surface area contributed by atoms with E-state index in [1.807, 2.05) is 32.0 Å². The van der Waals surface area contributed by atoms with Gasteiger partial charge in [0.15, 0.2) is 6.61 Å². The molecule has 0 aliphatic carbocycles. The van der Waals surface area contributed by atoms with E-state index in [1.165, 1.54) is 0 Å². The van der Waals surface area contributed by atoms with E-state index in [-0.39, 0.29) is 12.5 Å². The maximum absolute atomic E-state index is 12.4. The van der Waals surface area contributed by atoms with E-state index in [1.54, 1.807) is 24.3 Å². The van der Waals surface area contributed by atoms with Crippen LogP contribution in [0.25, 0.3) is 0 Å². The summed E-state index contributed by atoms with van der Waals surface area (Å²) in [5.74, 6) is -0.574. The summed E-state index contributed by atoms with van der Waals surface area (Å²) in [5.41, 5.74) is 8.36. The van der Waals surface area contributed by atoms with Crippen LogP contribution in [-0.2, 0) is 4.79 Å². The summed E-state index contributed by atoms with van der Waals surface area (Å²) in [6.07, 6.45) is 0. The lowest BCUT2D eigenvalue weighted by atomic mass is 10.1. The molecular formula is C17H18N2O3. The number of amides is 2. The van der Waals surface area contributed by atoms with Crippen molar-refractivity contribution in [2.75, 3.05) is 11.9 Å². The fourth-order valence-corrected chi connectivity index (χ4v) is 1.95. The number of primary amides is 1. The van der Waals surface area contributed by atoms with Crippen molar-refractivity contribution in [1.82, 2.24) is 0 Å². The van der Waals surface area contributed by atoms with E-state index in [0.717, 1.165) is 11.1 Å². The lowest BCUT2D eigenvalue weighted by molar-refractivity contribution is -0.119. The molecule has 0 fully saturated rings. The van der Waals surface area contributed by atoms with Crippen molar-refractivity contribution in [3.63, 3.8) is 0 Å². The maximum Gasteiger partial charge on any atom is 0.259 e. The first-order chi connectivity index (χ1) is 10.5. The number of carbonyl (C=O) groups excluding carboxylic acids is 2. The van der Waals surface area contributed by atoms with Gasteiger partial charge in [-0.15, -0.1) is 0 Å². The normalized spacial score (nSPS) is 10.1. The van der Waals surface area contributed by atoms with Gasteiger partial charge in [0.05, 0.1) is 5.56 Å². The highest BCUT2D eigenvalue weighted by Crippen LogP contribution is 2.20. The predicted molar refractivity (Wildman–Crippen MR) is 85.0 cm³/mol. The Morgan fingerprint density at radius 1 is 1.09 bits per heavy atom. The van der Waals surface area contributed by atoms with Crippen LogP contribution in [0.4, 0.5) is 5.69 Å². The summed E-state index contributed by atoms with van der Waals surface area (Å²) in [6, 6.07) is 12.4. The molecule has 0 radical (unpaired) electrons. The number of ether oxygens (including phenoxy) is 1. The Bertz CT molecular complexity index is 711. The Labute approximate surface area is 129 Å². The van der Waals surface area contributed by atoms with Gasteiger partial charge in [-0.2, -0.15) is 0 Å². The number of anilines is 1. The van der Waals surface area contributed by atoms with Gasteiger partial charge in [-0.05, 0) is 49.2 Å². The van der Waals surface area contributed by atoms with Crippen molar-refractivity contribution in [2.24, 2.45) is 5.73 Å². The number of rotatable bonds is 5. The van der Waals surface area contributed by atoms with Crippen LogP contribution < -0.4 is 15.8 Å². The molecule has 0 aliphatic rings. The predicted octanol–water partition coefficient (Wildman–Crippen LogP) is 2.42. The van der Waals surface area contributed by atoms with Crippen molar-refractivity contribution in [2.45, 2.75) is 13.8 Å². The first-order valence-electron chi connectivity index (χ1n) is 6.86. The van der Waals surface area contributed by atoms with E-state index in [0.29, 0.717) is 17.0 Å². The molecule has 0 spiro atoms. The molecule has 0 unspecified atom stereocenters. The Hall–Kier alpha value is -2.82. The van der Waals surface area contributed by atoms with Crippen molar-refractivity contribution >= 4 is 17.5 Å². The number of para-hydroxylation sites is 1. The molecule has 0 atom stereocenters. The Morgan fingerprint density at radius 3 is 2.50 bits per heavy atom. The zero-order valence-corrected chi connectivity index (χ0v) is 12.6. The Morgan fingerprint density at radius 2 is 1.82 bits per heavy atom. The molecule has 0 saturated heterocycles. The van der Waals surface area contributed by atoms with Gasteiger partial charge in [0.1, 0.15) is 5.75 Å². The first-order valence-corrected chi connectivity index (χ1v) is 6.86. The minimum absolute atomic E-state index is 0.270. The van der Waals surface area contributed by atoms with Crippen molar-refractivity contribution in [1.29, 1.82) is 0 Å². The van der Waals surface area contributed by atoms with E-state index < -0.39 is 5.91 Å². The van der Waals surface area contributed by atoms with Gasteiger partial charge >= 0.3 is 0 Å². The highest BCUT2D eigenvalue weighted by Gasteiger charge is 2.13. The maximum atomic E-state index is 12.4. The van der Waals surface area contributed by atoms with Crippen LogP contribution in [0.5, 0.6) is 5.75 Å². The zero-order valence-electron chi connectivity index (χ0n) is 12.6. The van der Waals surface area contributed by atoms with E-state index in [4.69, 9.17) is 10.5 Å². The lowest BCUT2D eigenvalue weighted by Crippen LogP contribution is -2.21. The molecule has 0 bridgehead atoms. The monoisotopic (exact) mass is 298 g/mol. The third-order valence-corrected chi connectivity index (χ3v) is 3.27. The number of hydrogen-bond acceptors (Lipinski definition) is 3. The van der Waals surface area contributed by atoms with E-state index in [9.17, 15) is 9.59 Å². The topological polar surface area (TPSA) is 81.4 Å². The van der Waals surface area contributed by atoms with Crippen LogP contribution in [0.1, 0.15) is 21.5 Å². The molecule has 114 valence electrons. The van der Waals surface area contributed by atoms with Crippen LogP contribution in [-0.4, -0.2) is 18.4 Å². The van der Waals surface area contributed by atoms with Crippen molar-refractivity contribution in [3.8, 4) is 5.75 Å². The number of carbonyl (C=O) groups is 2. The average Bonchev–Trinajstić information content (AvgIpc) is 2.49. The van der Waals surface area contributed by atoms with E-state index >= 15 is 0 Å². The Balaban J connectivity index is 2.18. The summed E-state index contributed by atoms with van der Waals surface area (Å²) in [5, 5.41) is 2.82. The SMILES string of the molecule is Cc1ccc(NC(=O)c2ccccc2OCC(N)=O)cc1C. The number of nitrogens with two attached hydrogens (primary N) is 1. The van der Waals surface area contributed by atoms with Crippen LogP contribution in [0.3, 0.4) is 0 Å². The molecule has 2 rings (SSSR count). The molecular weight excluding hydrogens is 280 g/mol. The summed E-state index contributed by atoms with van der Waals surface area (Å²) in [4.78, 5) is 23.2. The smallest absolute Gasteiger partial charge is 0.259 e. The molecule has 0 saturated carbocycles. The fraction of sp³-hybridized carbons (Fsp3) is 0.176. The second-order valence-electron chi connectivity index (χ2n) is 5.00. The molecule has 3 N–H and O–H groups in total. The zero-order chi connectivity index (χ0) is 16.1. The van der Waals surface area contributed by atoms with Crippen molar-refractivity contribution in [3.05, 3.63) is 59.2 Å². The third kappa shape index (κ3) is 3.85. The molecule has 2 aromatic carbocycles. The quantitative estimate of drug-likeness (QED) is 0.889. The van der Waals surface area contributed by atoms with Gasteiger partial charge in [-0.25, -0.2) is 0 Å². The van der Waals surface area contributed by atoms with Gasteiger partial charge in [-0.3, -0.25) is 9.59 Å². The molecule has 0 aromatic heterocycles. The first kappa shape index (κ1) is 15.6. The number of hydrogen-bond donors (Lipinski definition) is 2. The van der Waals surface area contributed by atoms with Gasteiger partial charge in [0, 0.05) is 5.69 Å². The number of aryl methyl sites for hydroxylation is 2. The molecule has 0 aliphatic heterocycles. The standard InChI is InChI=1S/C17H18N2O3/c1-11-7-8-13(9-12(11)2)19-17(21)14-5-3-4-6-15(14)22-10-16(18)20/h3-9H,10H2,1-2H3,(H2,18,20)(H,19,21). The summed E-state index contributed by atoms with van der Waals surface area (Å²) in [7, 11) is 0. The second-order valence-corrected chi connectivity index (χ2v) is 5.00. The average molecular weight is 298 g/mol. The fourth-order valence-electron chi connectivity index (χ4n) is 1.95. The largest absolute Gasteiger partial charge is 0.483 e. The minimum Gasteiger partial charge on any atom is -0.483 e. The van der Waals surface area contributed by atoms with Crippen LogP contribution in [0.2, 0.25) is 0 Å². The highest BCUT2D eigenvalue weighted by atomic mass is 16.5. The minimum atomic E-state index is -0.593. The molecule has 2 aromatic rings. The van der Waals surface area contributed by atoms with Crippen LogP contribution in [0.15, 0.2) is 42.5 Å². The summed E-state index contributed by atoms with van der Waals surface area (Å²) >= 11 is 0. The second kappa shape index (κ2) is 6.76. The lowest BCUT2D eigenvalue weighted by Gasteiger charge is -2.11. The number of benzene rings is 2. The molecule has 5 nitrogen and oxygen atoms in total. The highest BCUT2D eigenvalue weighted by molar-refractivity contribution is 6.06. The van der Waals surface area contributed by atoms with Crippen LogP contribution >= 0.6 is 0 Å². The van der Waals surface area contributed by atoms with Crippen LogP contribution in [0, 0.1) is 13.8 Å².